The minimum Gasteiger partial charge on any atom is -0.495 e. The van der Waals surface area contributed by atoms with E-state index in [-0.39, 0.29) is 0 Å². The molecule has 0 bridgehead atoms. The summed E-state index contributed by atoms with van der Waals surface area (Å²) >= 11 is 9.37. The largest absolute Gasteiger partial charge is 0.495 e. The van der Waals surface area contributed by atoms with Crippen molar-refractivity contribution in [2.45, 2.75) is 0 Å². The maximum Gasteiger partial charge on any atom is 0.146 e. The van der Waals surface area contributed by atoms with E-state index in [1.165, 1.54) is 6.33 Å². The van der Waals surface area contributed by atoms with Gasteiger partial charge in [0.1, 0.15) is 28.2 Å². The van der Waals surface area contributed by atoms with Gasteiger partial charge in [-0.3, -0.25) is 0 Å². The van der Waals surface area contributed by atoms with Crippen molar-refractivity contribution in [3.63, 3.8) is 0 Å². The Morgan fingerprint density at radius 2 is 1.84 bits per heavy atom. The Labute approximate surface area is 124 Å². The van der Waals surface area contributed by atoms with Gasteiger partial charge in [-0.25, -0.2) is 9.97 Å². The number of benzene rings is 1. The summed E-state index contributed by atoms with van der Waals surface area (Å²) in [6.45, 7) is 0. The lowest BCUT2D eigenvalue weighted by molar-refractivity contribution is 0.396. The van der Waals surface area contributed by atoms with Gasteiger partial charge in [-0.15, -0.1) is 0 Å². The summed E-state index contributed by atoms with van der Waals surface area (Å²) < 4.78 is 11.1. The van der Waals surface area contributed by atoms with Crippen molar-refractivity contribution in [2.75, 3.05) is 19.5 Å². The number of nitrogens with one attached hydrogen (secondary N) is 1. The highest BCUT2D eigenvalue weighted by Gasteiger charge is 2.10. The summed E-state index contributed by atoms with van der Waals surface area (Å²) in [5.41, 5.74) is 0.693. The fourth-order valence-electron chi connectivity index (χ4n) is 1.50. The smallest absolute Gasteiger partial charge is 0.146 e. The molecule has 0 unspecified atom stereocenters. The highest BCUT2D eigenvalue weighted by molar-refractivity contribution is 9.10. The van der Waals surface area contributed by atoms with Crippen LogP contribution in [0, 0.1) is 0 Å². The third-order valence-electron chi connectivity index (χ3n) is 2.37. The molecule has 0 aliphatic carbocycles. The third-order valence-corrected chi connectivity index (χ3v) is 3.10. The van der Waals surface area contributed by atoms with Crippen molar-refractivity contribution in [1.82, 2.24) is 9.97 Å². The zero-order valence-corrected chi connectivity index (χ0v) is 12.6. The molecule has 0 saturated heterocycles. The van der Waals surface area contributed by atoms with Crippen LogP contribution in [0.2, 0.25) is 5.02 Å². The summed E-state index contributed by atoms with van der Waals surface area (Å²) in [5, 5.41) is 3.60. The van der Waals surface area contributed by atoms with Gasteiger partial charge in [0.05, 0.1) is 24.9 Å². The lowest BCUT2D eigenvalue weighted by atomic mass is 10.2. The van der Waals surface area contributed by atoms with Gasteiger partial charge in [-0.05, 0) is 22.0 Å². The molecule has 1 aromatic carbocycles. The van der Waals surface area contributed by atoms with Crippen LogP contribution in [0.1, 0.15) is 0 Å². The van der Waals surface area contributed by atoms with Crippen LogP contribution < -0.4 is 14.8 Å². The summed E-state index contributed by atoms with van der Waals surface area (Å²) in [6, 6.07) is 5.17. The standard InChI is InChI=1S/C12H11BrClN3O2/c1-18-9-4-10(19-2)8(3-7(9)14)17-12-5-11(13)15-6-16-12/h3-6H,1-2H3,(H,15,16,17). The lowest BCUT2D eigenvalue weighted by Gasteiger charge is -2.13. The Morgan fingerprint density at radius 1 is 1.11 bits per heavy atom. The van der Waals surface area contributed by atoms with E-state index in [1.807, 2.05) is 0 Å². The van der Waals surface area contributed by atoms with Crippen molar-refractivity contribution in [3.05, 3.63) is 34.2 Å². The number of nitrogens with zero attached hydrogens (tertiary/aromatic N) is 2. The predicted molar refractivity (Wildman–Crippen MR) is 77.6 cm³/mol. The van der Waals surface area contributed by atoms with Gasteiger partial charge in [-0.2, -0.15) is 0 Å². The molecular formula is C12H11BrClN3O2. The average molecular weight is 345 g/mol. The molecule has 1 heterocycles. The van der Waals surface area contributed by atoms with Gasteiger partial charge in [0, 0.05) is 12.1 Å². The van der Waals surface area contributed by atoms with Crippen LogP contribution in [0.3, 0.4) is 0 Å². The number of rotatable bonds is 4. The molecular weight excluding hydrogens is 334 g/mol. The molecule has 100 valence electrons. The van der Waals surface area contributed by atoms with Crippen LogP contribution in [0.15, 0.2) is 29.1 Å². The lowest BCUT2D eigenvalue weighted by Crippen LogP contribution is -1.98. The maximum atomic E-state index is 6.09. The van der Waals surface area contributed by atoms with E-state index in [1.54, 1.807) is 32.4 Å². The van der Waals surface area contributed by atoms with Crippen molar-refractivity contribution >= 4 is 39.0 Å². The maximum absolute atomic E-state index is 6.09. The molecule has 19 heavy (non-hydrogen) atoms. The molecule has 0 radical (unpaired) electrons. The Morgan fingerprint density at radius 3 is 2.47 bits per heavy atom. The predicted octanol–water partition coefficient (Wildman–Crippen LogP) is 3.65. The number of anilines is 2. The molecule has 0 aliphatic rings. The summed E-state index contributed by atoms with van der Waals surface area (Å²) in [4.78, 5) is 8.06. The van der Waals surface area contributed by atoms with Gasteiger partial charge < -0.3 is 14.8 Å². The molecule has 2 aromatic rings. The van der Waals surface area contributed by atoms with Gasteiger partial charge in [-0.1, -0.05) is 11.6 Å². The number of methoxy groups -OCH3 is 2. The SMILES string of the molecule is COc1cc(OC)c(Nc2cc(Br)ncn2)cc1Cl. The van der Waals surface area contributed by atoms with E-state index < -0.39 is 0 Å². The first-order valence-corrected chi connectivity index (χ1v) is 6.47. The zero-order valence-electron chi connectivity index (χ0n) is 10.3. The number of hydrogen-bond acceptors (Lipinski definition) is 5. The summed E-state index contributed by atoms with van der Waals surface area (Å²) in [6.07, 6.45) is 1.45. The Hall–Kier alpha value is -1.53. The van der Waals surface area contributed by atoms with E-state index in [2.05, 4.69) is 31.2 Å². The second-order valence-corrected chi connectivity index (χ2v) is 4.76. The fourth-order valence-corrected chi connectivity index (χ4v) is 2.05. The Kier molecular flexibility index (Phi) is 4.44. The first-order chi connectivity index (χ1) is 9.13. The van der Waals surface area contributed by atoms with Gasteiger partial charge in [0.25, 0.3) is 0 Å². The third kappa shape index (κ3) is 3.27. The van der Waals surface area contributed by atoms with Crippen LogP contribution in [0.25, 0.3) is 0 Å². The number of aromatic nitrogens is 2. The second-order valence-electron chi connectivity index (χ2n) is 3.54. The van der Waals surface area contributed by atoms with Gasteiger partial charge in [0.15, 0.2) is 0 Å². The van der Waals surface area contributed by atoms with Crippen LogP contribution in [-0.2, 0) is 0 Å². The molecule has 0 amide bonds. The molecule has 5 nitrogen and oxygen atoms in total. The highest BCUT2D eigenvalue weighted by Crippen LogP contribution is 2.37. The van der Waals surface area contributed by atoms with E-state index in [0.717, 1.165) is 0 Å². The van der Waals surface area contributed by atoms with E-state index in [0.29, 0.717) is 32.6 Å². The fraction of sp³-hybridized carbons (Fsp3) is 0.167. The van der Waals surface area contributed by atoms with Crippen molar-refractivity contribution in [1.29, 1.82) is 0 Å². The normalized spacial score (nSPS) is 10.1. The molecule has 0 fully saturated rings. The van der Waals surface area contributed by atoms with Crippen LogP contribution in [0.5, 0.6) is 11.5 Å². The average Bonchev–Trinajstić information content (AvgIpc) is 2.39. The van der Waals surface area contributed by atoms with Gasteiger partial charge in [0.2, 0.25) is 0 Å². The molecule has 0 atom stereocenters. The van der Waals surface area contributed by atoms with E-state index >= 15 is 0 Å². The number of ether oxygens (including phenoxy) is 2. The molecule has 2 rings (SSSR count). The highest BCUT2D eigenvalue weighted by atomic mass is 79.9. The topological polar surface area (TPSA) is 56.3 Å². The number of halogens is 2. The zero-order chi connectivity index (χ0) is 13.8. The first kappa shape index (κ1) is 13.9. The molecule has 0 saturated carbocycles. The molecule has 0 aliphatic heterocycles. The quantitative estimate of drug-likeness (QED) is 0.858. The van der Waals surface area contributed by atoms with Crippen molar-refractivity contribution in [3.8, 4) is 11.5 Å². The summed E-state index contributed by atoms with van der Waals surface area (Å²) in [5.74, 6) is 1.78. The molecule has 1 aromatic heterocycles. The van der Waals surface area contributed by atoms with Crippen LogP contribution >= 0.6 is 27.5 Å². The Bertz CT molecular complexity index is 595. The molecule has 1 N–H and O–H groups in total. The summed E-state index contributed by atoms with van der Waals surface area (Å²) in [7, 11) is 3.12. The van der Waals surface area contributed by atoms with E-state index in [4.69, 9.17) is 21.1 Å². The van der Waals surface area contributed by atoms with Gasteiger partial charge >= 0.3 is 0 Å². The minimum atomic E-state index is 0.485. The van der Waals surface area contributed by atoms with Crippen molar-refractivity contribution in [2.24, 2.45) is 0 Å². The molecule has 0 spiro atoms. The number of hydrogen-bond donors (Lipinski definition) is 1. The van der Waals surface area contributed by atoms with E-state index in [9.17, 15) is 0 Å². The van der Waals surface area contributed by atoms with Crippen molar-refractivity contribution < 1.29 is 9.47 Å². The Balaban J connectivity index is 2.36. The van der Waals surface area contributed by atoms with Crippen LogP contribution in [0.4, 0.5) is 11.5 Å². The monoisotopic (exact) mass is 343 g/mol. The first-order valence-electron chi connectivity index (χ1n) is 5.30. The van der Waals surface area contributed by atoms with Crippen LogP contribution in [-0.4, -0.2) is 24.2 Å². The minimum absolute atomic E-state index is 0.485. The second kappa shape index (κ2) is 6.08. The molecule has 7 heteroatoms.